The number of imidazole rings is 1. The van der Waals surface area contributed by atoms with Gasteiger partial charge in [-0.2, -0.15) is 0 Å². The highest BCUT2D eigenvalue weighted by Gasteiger charge is 2.01. The molecule has 0 aromatic carbocycles. The van der Waals surface area contributed by atoms with Crippen LogP contribution < -0.4 is 0 Å². The van der Waals surface area contributed by atoms with Crippen LogP contribution in [0.4, 0.5) is 0 Å². The molecule has 2 aromatic rings. The summed E-state index contributed by atoms with van der Waals surface area (Å²) in [7, 11) is 3.22. The van der Waals surface area contributed by atoms with Crippen molar-refractivity contribution >= 4 is 23.2 Å². The quantitative estimate of drug-likeness (QED) is 0.559. The Hall–Kier alpha value is -2.17. The highest BCUT2D eigenvalue weighted by atomic mass is 16.5. The third kappa shape index (κ3) is 1.93. The normalized spacial score (nSPS) is 11.1. The Morgan fingerprint density at radius 1 is 1.50 bits per heavy atom. The number of methoxy groups -OCH3 is 1. The summed E-state index contributed by atoms with van der Waals surface area (Å²) >= 11 is 0. The maximum atomic E-state index is 10.9. The van der Waals surface area contributed by atoms with E-state index in [4.69, 9.17) is 0 Å². The minimum Gasteiger partial charge on any atom is -0.466 e. The molecule has 2 aromatic heterocycles. The molecule has 0 unspecified atom stereocenters. The van der Waals surface area contributed by atoms with E-state index < -0.39 is 0 Å². The fourth-order valence-corrected chi connectivity index (χ4v) is 1.36. The van der Waals surface area contributed by atoms with E-state index in [1.807, 2.05) is 17.7 Å². The minimum absolute atomic E-state index is 0.388. The van der Waals surface area contributed by atoms with E-state index >= 15 is 0 Å². The number of hydrogen-bond donors (Lipinski definition) is 0. The number of carbonyl (C=O) groups excluding carboxylic acids is 1. The summed E-state index contributed by atoms with van der Waals surface area (Å²) in [6.45, 7) is 0. The van der Waals surface area contributed by atoms with Gasteiger partial charge in [-0.05, 0) is 17.7 Å². The molecule has 16 heavy (non-hydrogen) atoms. The highest BCUT2D eigenvalue weighted by Crippen LogP contribution is 2.11. The Labute approximate surface area is 92.4 Å². The number of rotatable bonds is 2. The summed E-state index contributed by atoms with van der Waals surface area (Å²) in [5.41, 5.74) is 2.43. The van der Waals surface area contributed by atoms with Gasteiger partial charge in [-0.3, -0.25) is 0 Å². The molecule has 0 radical (unpaired) electrons. The second-order valence-corrected chi connectivity index (χ2v) is 3.32. The van der Waals surface area contributed by atoms with Crippen LogP contribution in [0.2, 0.25) is 0 Å². The van der Waals surface area contributed by atoms with Crippen molar-refractivity contribution in [2.45, 2.75) is 0 Å². The Morgan fingerprint density at radius 2 is 2.31 bits per heavy atom. The Balaban J connectivity index is 2.33. The van der Waals surface area contributed by atoms with Crippen LogP contribution in [0.15, 0.2) is 24.7 Å². The van der Waals surface area contributed by atoms with Gasteiger partial charge in [-0.25, -0.2) is 14.8 Å². The van der Waals surface area contributed by atoms with E-state index in [0.29, 0.717) is 0 Å². The second kappa shape index (κ2) is 4.14. The highest BCUT2D eigenvalue weighted by molar-refractivity contribution is 5.87. The fraction of sp³-hybridized carbons (Fsp3) is 0.182. The lowest BCUT2D eigenvalue weighted by Crippen LogP contribution is -1.93. The van der Waals surface area contributed by atoms with Gasteiger partial charge in [0.2, 0.25) is 0 Å². The van der Waals surface area contributed by atoms with E-state index in [1.54, 1.807) is 18.6 Å². The van der Waals surface area contributed by atoms with Crippen molar-refractivity contribution in [1.82, 2.24) is 14.5 Å². The SMILES string of the molecule is COC(=O)/C=C/c1cnc2c(c1)ncn2C. The molecule has 0 aliphatic rings. The molecule has 0 spiro atoms. The average molecular weight is 217 g/mol. The standard InChI is InChI=1S/C11H11N3O2/c1-14-7-13-9-5-8(6-12-11(9)14)3-4-10(15)16-2/h3-7H,1-2H3/b4-3+. The van der Waals surface area contributed by atoms with Gasteiger partial charge in [0.1, 0.15) is 5.52 Å². The molecular weight excluding hydrogens is 206 g/mol. The van der Waals surface area contributed by atoms with Gasteiger partial charge in [0.15, 0.2) is 5.65 Å². The number of nitrogens with zero attached hydrogens (tertiary/aromatic N) is 3. The molecule has 2 rings (SSSR count). The van der Waals surface area contributed by atoms with Crippen LogP contribution >= 0.6 is 0 Å². The molecule has 0 aliphatic heterocycles. The number of aromatic nitrogens is 3. The molecule has 0 fully saturated rings. The molecule has 0 N–H and O–H groups in total. The van der Waals surface area contributed by atoms with Gasteiger partial charge in [0, 0.05) is 19.3 Å². The first kappa shape index (κ1) is 10.4. The largest absolute Gasteiger partial charge is 0.466 e. The van der Waals surface area contributed by atoms with Crippen LogP contribution in [0.25, 0.3) is 17.2 Å². The van der Waals surface area contributed by atoms with E-state index in [9.17, 15) is 4.79 Å². The maximum absolute atomic E-state index is 10.9. The van der Waals surface area contributed by atoms with Crippen LogP contribution in [0.5, 0.6) is 0 Å². The van der Waals surface area contributed by atoms with Crippen LogP contribution in [0.3, 0.4) is 0 Å². The lowest BCUT2D eigenvalue weighted by atomic mass is 10.2. The zero-order chi connectivity index (χ0) is 11.5. The molecule has 0 saturated carbocycles. The van der Waals surface area contributed by atoms with E-state index in [-0.39, 0.29) is 5.97 Å². The fourth-order valence-electron chi connectivity index (χ4n) is 1.36. The Bertz CT molecular complexity index is 557. The molecule has 0 aliphatic carbocycles. The first-order valence-electron chi connectivity index (χ1n) is 4.74. The molecular formula is C11H11N3O2. The first-order valence-corrected chi connectivity index (χ1v) is 4.74. The van der Waals surface area contributed by atoms with Gasteiger partial charge < -0.3 is 9.30 Å². The van der Waals surface area contributed by atoms with Crippen LogP contribution in [-0.2, 0) is 16.6 Å². The summed E-state index contributed by atoms with van der Waals surface area (Å²) in [6.07, 6.45) is 6.38. The monoisotopic (exact) mass is 217 g/mol. The van der Waals surface area contributed by atoms with Crippen molar-refractivity contribution in [3.8, 4) is 0 Å². The predicted molar refractivity (Wildman–Crippen MR) is 59.6 cm³/mol. The number of carbonyl (C=O) groups is 1. The van der Waals surface area contributed by atoms with E-state index in [2.05, 4.69) is 14.7 Å². The Kier molecular flexibility index (Phi) is 2.68. The molecule has 2 heterocycles. The lowest BCUT2D eigenvalue weighted by molar-refractivity contribution is -0.134. The summed E-state index contributed by atoms with van der Waals surface area (Å²) in [6, 6.07) is 1.86. The van der Waals surface area contributed by atoms with Crippen LogP contribution in [0.1, 0.15) is 5.56 Å². The molecule has 82 valence electrons. The topological polar surface area (TPSA) is 57.0 Å². The van der Waals surface area contributed by atoms with Crippen molar-refractivity contribution in [2.75, 3.05) is 7.11 Å². The van der Waals surface area contributed by atoms with E-state index in [1.165, 1.54) is 13.2 Å². The first-order chi connectivity index (χ1) is 7.70. The molecule has 0 saturated heterocycles. The maximum Gasteiger partial charge on any atom is 0.330 e. The zero-order valence-electron chi connectivity index (χ0n) is 9.04. The summed E-state index contributed by atoms with van der Waals surface area (Å²) < 4.78 is 6.33. The third-order valence-electron chi connectivity index (χ3n) is 2.19. The van der Waals surface area contributed by atoms with Crippen LogP contribution in [0, 0.1) is 0 Å². The summed E-state index contributed by atoms with van der Waals surface area (Å²) in [5.74, 6) is -0.388. The number of fused-ring (bicyclic) bond motifs is 1. The predicted octanol–water partition coefficient (Wildman–Crippen LogP) is 1.15. The van der Waals surface area contributed by atoms with E-state index in [0.717, 1.165) is 16.7 Å². The van der Waals surface area contributed by atoms with Crippen LogP contribution in [-0.4, -0.2) is 27.6 Å². The van der Waals surface area contributed by atoms with Gasteiger partial charge in [-0.1, -0.05) is 0 Å². The van der Waals surface area contributed by atoms with Crippen molar-refractivity contribution < 1.29 is 9.53 Å². The van der Waals surface area contributed by atoms with Crippen molar-refractivity contribution in [1.29, 1.82) is 0 Å². The molecule has 0 bridgehead atoms. The summed E-state index contributed by atoms with van der Waals surface area (Å²) in [5, 5.41) is 0. The number of aryl methyl sites for hydroxylation is 1. The number of hydrogen-bond acceptors (Lipinski definition) is 4. The lowest BCUT2D eigenvalue weighted by Gasteiger charge is -1.95. The van der Waals surface area contributed by atoms with Gasteiger partial charge >= 0.3 is 5.97 Å². The van der Waals surface area contributed by atoms with Crippen molar-refractivity contribution in [3.63, 3.8) is 0 Å². The average Bonchev–Trinajstić information content (AvgIpc) is 2.67. The number of esters is 1. The number of pyridine rings is 1. The van der Waals surface area contributed by atoms with Gasteiger partial charge in [0.25, 0.3) is 0 Å². The smallest absolute Gasteiger partial charge is 0.330 e. The Morgan fingerprint density at radius 3 is 3.06 bits per heavy atom. The number of ether oxygens (including phenoxy) is 1. The van der Waals surface area contributed by atoms with Gasteiger partial charge in [-0.15, -0.1) is 0 Å². The summed E-state index contributed by atoms with van der Waals surface area (Å²) in [4.78, 5) is 19.3. The second-order valence-electron chi connectivity index (χ2n) is 3.32. The van der Waals surface area contributed by atoms with Crippen molar-refractivity contribution in [3.05, 3.63) is 30.2 Å². The molecule has 0 atom stereocenters. The molecule has 5 nitrogen and oxygen atoms in total. The van der Waals surface area contributed by atoms with Crippen molar-refractivity contribution in [2.24, 2.45) is 7.05 Å². The van der Waals surface area contributed by atoms with Gasteiger partial charge in [0.05, 0.1) is 13.4 Å². The minimum atomic E-state index is -0.388. The molecule has 5 heteroatoms. The zero-order valence-corrected chi connectivity index (χ0v) is 9.04. The third-order valence-corrected chi connectivity index (χ3v) is 2.19. The molecule has 0 amide bonds.